The summed E-state index contributed by atoms with van der Waals surface area (Å²) in [4.78, 5) is 5.23. The molecule has 2 aliphatic rings. The van der Waals surface area contributed by atoms with Gasteiger partial charge in [0.2, 0.25) is 0 Å². The molecule has 1 aromatic heterocycles. The largest absolute Gasteiger partial charge is 0.511 e. The van der Waals surface area contributed by atoms with E-state index in [1.54, 1.807) is 0 Å². The zero-order chi connectivity index (χ0) is 23.7. The lowest BCUT2D eigenvalue weighted by Crippen LogP contribution is -2.44. The van der Waals surface area contributed by atoms with Crippen LogP contribution in [0, 0.1) is 23.2 Å². The van der Waals surface area contributed by atoms with E-state index >= 15 is 0 Å². The van der Waals surface area contributed by atoms with Crippen LogP contribution < -0.4 is 0 Å². The van der Waals surface area contributed by atoms with Crippen molar-refractivity contribution in [3.63, 3.8) is 0 Å². The number of nitriles is 1. The highest BCUT2D eigenvalue weighted by molar-refractivity contribution is 5.45. The summed E-state index contributed by atoms with van der Waals surface area (Å²) in [5, 5.41) is 20.3. The van der Waals surface area contributed by atoms with Gasteiger partial charge in [-0.2, -0.15) is 5.26 Å². The number of aliphatic hydroxyl groups excluding tert-OH is 1. The summed E-state index contributed by atoms with van der Waals surface area (Å²) in [6, 6.07) is 22.9. The molecule has 5 heteroatoms. The molecule has 0 saturated carbocycles. The molecule has 1 heterocycles. The van der Waals surface area contributed by atoms with Crippen LogP contribution in [0.15, 0.2) is 72.0 Å². The molecule has 3 atom stereocenters. The smallest absolute Gasteiger partial charge is 0.116 e. The lowest BCUT2D eigenvalue weighted by atomic mass is 9.57. The van der Waals surface area contributed by atoms with E-state index in [1.165, 1.54) is 5.69 Å². The van der Waals surface area contributed by atoms with E-state index in [-0.39, 0.29) is 23.0 Å². The molecule has 174 valence electrons. The Labute approximate surface area is 201 Å². The van der Waals surface area contributed by atoms with E-state index in [1.807, 2.05) is 31.2 Å². The number of aromatic nitrogens is 2. The van der Waals surface area contributed by atoms with Crippen LogP contribution in [-0.4, -0.2) is 21.3 Å². The molecule has 34 heavy (non-hydrogen) atoms. The Morgan fingerprint density at radius 3 is 2.56 bits per heavy atom. The van der Waals surface area contributed by atoms with Crippen molar-refractivity contribution in [2.75, 3.05) is 6.61 Å². The molecule has 0 radical (unpaired) electrons. The first kappa shape index (κ1) is 22.4. The van der Waals surface area contributed by atoms with E-state index < -0.39 is 0 Å². The van der Waals surface area contributed by atoms with Gasteiger partial charge < -0.3 is 14.4 Å². The van der Waals surface area contributed by atoms with Crippen molar-refractivity contribution >= 4 is 0 Å². The topological polar surface area (TPSA) is 71.1 Å². The van der Waals surface area contributed by atoms with E-state index in [2.05, 4.69) is 54.0 Å². The third-order valence-corrected chi connectivity index (χ3v) is 7.71. The fourth-order valence-electron chi connectivity index (χ4n) is 5.99. The number of nitrogens with zero attached hydrogens (tertiary/aromatic N) is 3. The van der Waals surface area contributed by atoms with Crippen LogP contribution in [0.3, 0.4) is 0 Å². The van der Waals surface area contributed by atoms with Gasteiger partial charge in [-0.3, -0.25) is 0 Å². The highest BCUT2D eigenvalue weighted by atomic mass is 16.5. The van der Waals surface area contributed by atoms with Gasteiger partial charge in [0.1, 0.15) is 11.6 Å². The molecule has 2 aromatic carbocycles. The molecule has 0 amide bonds. The zero-order valence-electron chi connectivity index (χ0n) is 19.9. The van der Waals surface area contributed by atoms with Crippen molar-refractivity contribution < 1.29 is 9.84 Å². The summed E-state index contributed by atoms with van der Waals surface area (Å²) < 4.78 is 8.31. The Balaban J connectivity index is 1.49. The van der Waals surface area contributed by atoms with E-state index in [0.717, 1.165) is 35.6 Å². The van der Waals surface area contributed by atoms with Gasteiger partial charge in [0, 0.05) is 29.1 Å². The van der Waals surface area contributed by atoms with Crippen LogP contribution >= 0.6 is 0 Å². The number of para-hydroxylation sites is 1. The quantitative estimate of drug-likeness (QED) is 0.477. The molecule has 0 fully saturated rings. The summed E-state index contributed by atoms with van der Waals surface area (Å²) in [6.45, 7) is 5.44. The zero-order valence-corrected chi connectivity index (χ0v) is 19.9. The molecular weight excluding hydrogens is 422 g/mol. The molecule has 3 aromatic rings. The molecule has 0 bridgehead atoms. The Hall–Kier alpha value is -3.36. The third-order valence-electron chi connectivity index (χ3n) is 7.71. The standard InChI is InChI=1S/C29H31N3O2/c1-20-24-13-14-25-28(29(24,2)17-22(18-30)27(20)33)31-26(32(25)23-11-7-4-8-12-23)15-16-34-19-21-9-5-3-6-10-21/h3-12,20,24,33H,13-17,19H2,1-2H3/t20-,24-,29-/m0/s1. The molecule has 0 unspecified atom stereocenters. The Kier molecular flexibility index (Phi) is 6.02. The average molecular weight is 454 g/mol. The number of aliphatic hydroxyl groups is 1. The second-order valence-electron chi connectivity index (χ2n) is 9.79. The maximum absolute atomic E-state index is 10.6. The maximum atomic E-state index is 10.6. The number of hydrogen-bond donors (Lipinski definition) is 1. The lowest BCUT2D eigenvalue weighted by molar-refractivity contribution is 0.122. The summed E-state index contributed by atoms with van der Waals surface area (Å²) in [5.74, 6) is 1.49. The van der Waals surface area contributed by atoms with Crippen LogP contribution in [-0.2, 0) is 29.6 Å². The van der Waals surface area contributed by atoms with E-state index in [0.29, 0.717) is 31.6 Å². The Morgan fingerprint density at radius 2 is 1.85 bits per heavy atom. The molecule has 0 spiro atoms. The minimum Gasteiger partial charge on any atom is -0.511 e. The monoisotopic (exact) mass is 453 g/mol. The van der Waals surface area contributed by atoms with Crippen LogP contribution in [0.25, 0.3) is 5.69 Å². The molecule has 0 saturated heterocycles. The first-order valence-electron chi connectivity index (χ1n) is 12.1. The lowest BCUT2D eigenvalue weighted by Gasteiger charge is -2.46. The number of ether oxygens (including phenoxy) is 1. The summed E-state index contributed by atoms with van der Waals surface area (Å²) in [7, 11) is 0. The number of benzene rings is 2. The van der Waals surface area contributed by atoms with Crippen molar-refractivity contribution in [3.05, 3.63) is 94.8 Å². The predicted octanol–water partition coefficient (Wildman–Crippen LogP) is 5.83. The normalized spacial score (nSPS) is 23.8. The van der Waals surface area contributed by atoms with Crippen LogP contribution in [0.1, 0.15) is 49.5 Å². The maximum Gasteiger partial charge on any atom is 0.116 e. The molecule has 1 N–H and O–H groups in total. The van der Waals surface area contributed by atoms with Crippen molar-refractivity contribution in [2.24, 2.45) is 11.8 Å². The van der Waals surface area contributed by atoms with Gasteiger partial charge >= 0.3 is 0 Å². The second kappa shape index (κ2) is 9.12. The molecule has 5 rings (SSSR count). The highest BCUT2D eigenvalue weighted by Gasteiger charge is 2.50. The second-order valence-corrected chi connectivity index (χ2v) is 9.79. The van der Waals surface area contributed by atoms with E-state index in [4.69, 9.17) is 9.72 Å². The van der Waals surface area contributed by atoms with Gasteiger partial charge in [-0.05, 0) is 42.9 Å². The number of rotatable bonds is 6. The fourth-order valence-corrected chi connectivity index (χ4v) is 5.99. The summed E-state index contributed by atoms with van der Waals surface area (Å²) in [6.07, 6.45) is 3.11. The van der Waals surface area contributed by atoms with Gasteiger partial charge in [-0.15, -0.1) is 0 Å². The van der Waals surface area contributed by atoms with Gasteiger partial charge in [0.25, 0.3) is 0 Å². The highest BCUT2D eigenvalue weighted by Crippen LogP contribution is 2.53. The first-order chi connectivity index (χ1) is 16.5. The first-order valence-corrected chi connectivity index (χ1v) is 12.1. The van der Waals surface area contributed by atoms with Crippen molar-refractivity contribution in [3.8, 4) is 11.8 Å². The molecular formula is C29H31N3O2. The summed E-state index contributed by atoms with van der Waals surface area (Å²) in [5.41, 5.74) is 4.81. The Morgan fingerprint density at radius 1 is 1.15 bits per heavy atom. The van der Waals surface area contributed by atoms with Crippen molar-refractivity contribution in [2.45, 2.75) is 51.6 Å². The fraction of sp³-hybridized carbons (Fsp3) is 0.379. The SMILES string of the molecule is C[C@@H]1C(O)=C(C#N)C[C@]2(C)c3nc(CCOCc4ccccc4)n(-c4ccccc4)c3CC[C@@H]12. The van der Waals surface area contributed by atoms with Crippen molar-refractivity contribution in [1.29, 1.82) is 5.26 Å². The van der Waals surface area contributed by atoms with Gasteiger partial charge in [-0.1, -0.05) is 62.4 Å². The average Bonchev–Trinajstić information content (AvgIpc) is 3.25. The van der Waals surface area contributed by atoms with Crippen LogP contribution in [0.2, 0.25) is 0 Å². The number of hydrogen-bond acceptors (Lipinski definition) is 4. The summed E-state index contributed by atoms with van der Waals surface area (Å²) >= 11 is 0. The van der Waals surface area contributed by atoms with Gasteiger partial charge in [0.15, 0.2) is 0 Å². The third kappa shape index (κ3) is 3.82. The minimum atomic E-state index is -0.274. The Bertz CT molecular complexity index is 1240. The number of allylic oxidation sites excluding steroid dienone is 2. The molecule has 5 nitrogen and oxygen atoms in total. The van der Waals surface area contributed by atoms with Gasteiger partial charge in [0.05, 0.1) is 30.6 Å². The number of imidazole rings is 1. The van der Waals surface area contributed by atoms with E-state index in [9.17, 15) is 10.4 Å². The van der Waals surface area contributed by atoms with Crippen molar-refractivity contribution in [1.82, 2.24) is 9.55 Å². The van der Waals surface area contributed by atoms with Crippen LogP contribution in [0.5, 0.6) is 0 Å². The van der Waals surface area contributed by atoms with Crippen LogP contribution in [0.4, 0.5) is 0 Å². The molecule has 0 aliphatic heterocycles. The molecule has 2 aliphatic carbocycles. The predicted molar refractivity (Wildman–Crippen MR) is 132 cm³/mol. The van der Waals surface area contributed by atoms with Gasteiger partial charge in [-0.25, -0.2) is 4.98 Å². The minimum absolute atomic E-state index is 0.0407. The number of fused-ring (bicyclic) bond motifs is 3.